The monoisotopic (exact) mass is 333 g/mol. The van der Waals surface area contributed by atoms with Gasteiger partial charge in [0.1, 0.15) is 12.4 Å². The zero-order chi connectivity index (χ0) is 17.5. The molecule has 25 heavy (non-hydrogen) atoms. The Labute approximate surface area is 147 Å². The zero-order valence-corrected chi connectivity index (χ0v) is 14.1. The van der Waals surface area contributed by atoms with Gasteiger partial charge in [0.25, 0.3) is 0 Å². The van der Waals surface area contributed by atoms with Crippen LogP contribution in [-0.4, -0.2) is 28.8 Å². The molecule has 0 spiro atoms. The van der Waals surface area contributed by atoms with Gasteiger partial charge >= 0.3 is 0 Å². The lowest BCUT2D eigenvalue weighted by atomic mass is 10.2. The van der Waals surface area contributed by atoms with E-state index in [0.29, 0.717) is 18.3 Å². The normalized spacial score (nSPS) is 10.6. The first-order valence-electron chi connectivity index (χ1n) is 7.96. The van der Waals surface area contributed by atoms with Crippen LogP contribution in [0.15, 0.2) is 59.0 Å². The van der Waals surface area contributed by atoms with Crippen LogP contribution in [0.3, 0.4) is 0 Å². The van der Waals surface area contributed by atoms with Crippen molar-refractivity contribution >= 4 is 0 Å². The number of ether oxygens (including phenoxy) is 1. The van der Waals surface area contributed by atoms with E-state index in [1.54, 1.807) is 0 Å². The van der Waals surface area contributed by atoms with Crippen molar-refractivity contribution < 1.29 is 9.15 Å². The lowest BCUT2D eigenvalue weighted by Crippen LogP contribution is -2.17. The molecular weight excluding hydrogens is 314 g/mol. The number of benzene rings is 2. The molecule has 2 aromatic carbocycles. The number of terminal acetylenes is 1. The Hall–Kier alpha value is -3.10. The van der Waals surface area contributed by atoms with E-state index in [0.717, 1.165) is 23.4 Å². The van der Waals surface area contributed by atoms with Crippen LogP contribution < -0.4 is 4.74 Å². The highest BCUT2D eigenvalue weighted by atomic mass is 16.5. The molecule has 0 aliphatic heterocycles. The second-order valence-electron chi connectivity index (χ2n) is 5.68. The summed E-state index contributed by atoms with van der Waals surface area (Å²) in [6, 6.07) is 17.6. The first-order chi connectivity index (χ1) is 12.2. The fourth-order valence-electron chi connectivity index (χ4n) is 2.47. The van der Waals surface area contributed by atoms with Crippen molar-refractivity contribution in [1.82, 2.24) is 15.1 Å². The Bertz CT molecular complexity index is 853. The second kappa shape index (κ2) is 8.13. The molecule has 3 aromatic rings. The van der Waals surface area contributed by atoms with Crippen molar-refractivity contribution in [2.24, 2.45) is 0 Å². The number of aromatic nitrogens is 2. The van der Waals surface area contributed by atoms with Crippen LogP contribution in [-0.2, 0) is 13.1 Å². The van der Waals surface area contributed by atoms with Crippen molar-refractivity contribution in [3.63, 3.8) is 0 Å². The summed E-state index contributed by atoms with van der Waals surface area (Å²) in [5.74, 6) is 4.36. The summed E-state index contributed by atoms with van der Waals surface area (Å²) in [5, 5.41) is 8.24. The van der Waals surface area contributed by atoms with Crippen molar-refractivity contribution in [2.45, 2.75) is 13.1 Å². The summed E-state index contributed by atoms with van der Waals surface area (Å²) in [6.45, 7) is 1.56. The highest BCUT2D eigenvalue weighted by molar-refractivity contribution is 5.51. The van der Waals surface area contributed by atoms with Crippen molar-refractivity contribution in [3.8, 4) is 29.5 Å². The predicted octanol–water partition coefficient (Wildman–Crippen LogP) is 3.38. The molecule has 0 bridgehead atoms. The van der Waals surface area contributed by atoms with Crippen molar-refractivity contribution in [1.29, 1.82) is 0 Å². The highest BCUT2D eigenvalue weighted by Crippen LogP contribution is 2.19. The Kier molecular flexibility index (Phi) is 5.45. The van der Waals surface area contributed by atoms with Gasteiger partial charge in [0.2, 0.25) is 11.8 Å². The molecule has 0 amide bonds. The maximum Gasteiger partial charge on any atom is 0.247 e. The van der Waals surface area contributed by atoms with E-state index in [2.05, 4.69) is 21.0 Å². The van der Waals surface area contributed by atoms with Crippen LogP contribution in [0.1, 0.15) is 11.5 Å². The molecule has 0 saturated heterocycles. The number of hydrogen-bond donors (Lipinski definition) is 0. The molecule has 0 fully saturated rings. The molecule has 0 unspecified atom stereocenters. The molecule has 0 aliphatic rings. The maximum atomic E-state index is 5.74. The van der Waals surface area contributed by atoms with Gasteiger partial charge in [0, 0.05) is 12.1 Å². The molecule has 0 aliphatic carbocycles. The van der Waals surface area contributed by atoms with Crippen LogP contribution in [0.2, 0.25) is 0 Å². The predicted molar refractivity (Wildman–Crippen MR) is 95.7 cm³/mol. The molecule has 5 nitrogen and oxygen atoms in total. The fourth-order valence-corrected chi connectivity index (χ4v) is 2.47. The van der Waals surface area contributed by atoms with E-state index >= 15 is 0 Å². The zero-order valence-electron chi connectivity index (χ0n) is 14.1. The van der Waals surface area contributed by atoms with E-state index < -0.39 is 0 Å². The van der Waals surface area contributed by atoms with Crippen LogP contribution >= 0.6 is 0 Å². The Morgan fingerprint density at radius 1 is 1.08 bits per heavy atom. The minimum atomic E-state index is 0.267. The summed E-state index contributed by atoms with van der Waals surface area (Å²) in [6.07, 6.45) is 5.22. The molecule has 3 rings (SSSR count). The van der Waals surface area contributed by atoms with E-state index in [9.17, 15) is 0 Å². The third kappa shape index (κ3) is 4.69. The Morgan fingerprint density at radius 3 is 2.72 bits per heavy atom. The molecular formula is C20H19N3O2. The minimum absolute atomic E-state index is 0.267. The Morgan fingerprint density at radius 2 is 1.92 bits per heavy atom. The fraction of sp³-hybridized carbons (Fsp3) is 0.200. The highest BCUT2D eigenvalue weighted by Gasteiger charge is 2.11. The van der Waals surface area contributed by atoms with Crippen LogP contribution in [0, 0.1) is 12.3 Å². The first-order valence-corrected chi connectivity index (χ1v) is 7.96. The van der Waals surface area contributed by atoms with Gasteiger partial charge in [-0.3, -0.25) is 4.90 Å². The number of hydrogen-bond acceptors (Lipinski definition) is 5. The number of nitrogens with zero attached hydrogens (tertiary/aromatic N) is 3. The van der Waals surface area contributed by atoms with Gasteiger partial charge in [0.05, 0.1) is 6.54 Å². The molecule has 5 heteroatoms. The standard InChI is InChI=1S/C20H19N3O2/c1-3-12-24-18-11-7-8-16(13-18)14-23(2)15-19-21-22-20(25-19)17-9-5-4-6-10-17/h1,4-11,13H,12,14-15H2,2H3. The first kappa shape index (κ1) is 16.7. The van der Waals surface area contributed by atoms with Gasteiger partial charge in [-0.05, 0) is 36.9 Å². The van der Waals surface area contributed by atoms with E-state index in [1.807, 2.05) is 61.6 Å². The SMILES string of the molecule is C#CCOc1cccc(CN(C)Cc2nnc(-c3ccccc3)o2)c1. The largest absolute Gasteiger partial charge is 0.481 e. The lowest BCUT2D eigenvalue weighted by molar-refractivity contribution is 0.282. The summed E-state index contributed by atoms with van der Waals surface area (Å²) in [7, 11) is 2.00. The third-order valence-corrected chi connectivity index (χ3v) is 3.57. The maximum absolute atomic E-state index is 5.74. The molecule has 0 radical (unpaired) electrons. The van der Waals surface area contributed by atoms with E-state index in [4.69, 9.17) is 15.6 Å². The van der Waals surface area contributed by atoms with Gasteiger partial charge in [0.15, 0.2) is 0 Å². The van der Waals surface area contributed by atoms with E-state index in [-0.39, 0.29) is 6.61 Å². The number of rotatable bonds is 7. The minimum Gasteiger partial charge on any atom is -0.481 e. The van der Waals surface area contributed by atoms with E-state index in [1.165, 1.54) is 0 Å². The van der Waals surface area contributed by atoms with Gasteiger partial charge in [-0.15, -0.1) is 16.6 Å². The van der Waals surface area contributed by atoms with Gasteiger partial charge in [-0.1, -0.05) is 36.3 Å². The molecule has 126 valence electrons. The van der Waals surface area contributed by atoms with Crippen molar-refractivity contribution in [3.05, 3.63) is 66.1 Å². The van der Waals surface area contributed by atoms with Crippen molar-refractivity contribution in [2.75, 3.05) is 13.7 Å². The molecule has 1 aromatic heterocycles. The Balaban J connectivity index is 1.61. The third-order valence-electron chi connectivity index (χ3n) is 3.57. The topological polar surface area (TPSA) is 51.4 Å². The summed E-state index contributed by atoms with van der Waals surface area (Å²) in [5.41, 5.74) is 2.04. The van der Waals surface area contributed by atoms with Crippen LogP contribution in [0.5, 0.6) is 5.75 Å². The van der Waals surface area contributed by atoms with Crippen LogP contribution in [0.4, 0.5) is 0 Å². The average Bonchev–Trinajstić information content (AvgIpc) is 3.09. The summed E-state index contributed by atoms with van der Waals surface area (Å²) >= 11 is 0. The molecule has 1 heterocycles. The quantitative estimate of drug-likeness (QED) is 0.621. The molecule has 0 saturated carbocycles. The average molecular weight is 333 g/mol. The smallest absolute Gasteiger partial charge is 0.247 e. The molecule has 0 N–H and O–H groups in total. The molecule has 0 atom stereocenters. The van der Waals surface area contributed by atoms with Gasteiger partial charge < -0.3 is 9.15 Å². The van der Waals surface area contributed by atoms with Crippen LogP contribution in [0.25, 0.3) is 11.5 Å². The van der Waals surface area contributed by atoms with Gasteiger partial charge in [-0.2, -0.15) is 0 Å². The summed E-state index contributed by atoms with van der Waals surface area (Å²) < 4.78 is 11.2. The van der Waals surface area contributed by atoms with Gasteiger partial charge in [-0.25, -0.2) is 0 Å². The summed E-state index contributed by atoms with van der Waals surface area (Å²) in [4.78, 5) is 2.10. The second-order valence-corrected chi connectivity index (χ2v) is 5.68. The lowest BCUT2D eigenvalue weighted by Gasteiger charge is -2.15.